The molecule has 0 aromatic heterocycles. The zero-order valence-electron chi connectivity index (χ0n) is 10.6. The van der Waals surface area contributed by atoms with Gasteiger partial charge in [0.05, 0.1) is 6.42 Å². The van der Waals surface area contributed by atoms with E-state index in [2.05, 4.69) is 0 Å². The average molecular weight is 277 g/mol. The van der Waals surface area contributed by atoms with E-state index in [0.29, 0.717) is 5.69 Å². The first-order chi connectivity index (χ1) is 9.52. The van der Waals surface area contributed by atoms with E-state index in [1.54, 1.807) is 24.3 Å². The van der Waals surface area contributed by atoms with E-state index in [4.69, 9.17) is 10.5 Å². The third kappa shape index (κ3) is 4.05. The lowest BCUT2D eigenvalue weighted by Crippen LogP contribution is -2.08. The lowest BCUT2D eigenvalue weighted by molar-refractivity contribution is -0.144. The van der Waals surface area contributed by atoms with Gasteiger partial charge in [-0.15, -0.1) is 0 Å². The van der Waals surface area contributed by atoms with Crippen molar-refractivity contribution in [3.63, 3.8) is 0 Å². The molecular weight excluding hydrogens is 264 g/mol. The quantitative estimate of drug-likeness (QED) is 0.690. The average Bonchev–Trinajstić information content (AvgIpc) is 2.35. The Bertz CT molecular complexity index is 609. The number of carbonyl (C=O) groups excluding carboxylic acids is 1. The van der Waals surface area contributed by atoms with Gasteiger partial charge in [-0.3, -0.25) is 4.79 Å². The van der Waals surface area contributed by atoms with Gasteiger partial charge in [0.1, 0.15) is 18.2 Å². The van der Waals surface area contributed by atoms with Crippen LogP contribution in [-0.2, 0) is 22.6 Å². The lowest BCUT2D eigenvalue weighted by atomic mass is 10.1. The largest absolute Gasteiger partial charge is 0.461 e. The molecule has 0 saturated heterocycles. The molecule has 0 aliphatic heterocycles. The maximum atomic E-state index is 12.9. The van der Waals surface area contributed by atoms with Gasteiger partial charge in [-0.25, -0.2) is 8.78 Å². The van der Waals surface area contributed by atoms with Gasteiger partial charge in [0.2, 0.25) is 0 Å². The first-order valence-electron chi connectivity index (χ1n) is 5.98. The Morgan fingerprint density at radius 1 is 1.05 bits per heavy atom. The molecule has 0 unspecified atom stereocenters. The number of rotatable bonds is 4. The summed E-state index contributed by atoms with van der Waals surface area (Å²) in [5.41, 5.74) is 7.14. The normalized spacial score (nSPS) is 10.3. The molecular formula is C15H13F2NO2. The highest BCUT2D eigenvalue weighted by atomic mass is 19.1. The summed E-state index contributed by atoms with van der Waals surface area (Å²) in [6, 6.07) is 9.87. The van der Waals surface area contributed by atoms with Gasteiger partial charge >= 0.3 is 5.97 Å². The van der Waals surface area contributed by atoms with Crippen LogP contribution in [0, 0.1) is 11.6 Å². The Hall–Kier alpha value is -2.43. The number of benzene rings is 2. The third-order valence-corrected chi connectivity index (χ3v) is 2.62. The second-order valence-corrected chi connectivity index (χ2v) is 4.36. The molecule has 5 heteroatoms. The molecule has 0 atom stereocenters. The summed E-state index contributed by atoms with van der Waals surface area (Å²) in [7, 11) is 0. The maximum absolute atomic E-state index is 12.9. The topological polar surface area (TPSA) is 52.3 Å². The molecule has 2 N–H and O–H groups in total. The van der Waals surface area contributed by atoms with E-state index >= 15 is 0 Å². The van der Waals surface area contributed by atoms with Crippen LogP contribution in [0.25, 0.3) is 0 Å². The van der Waals surface area contributed by atoms with Crippen LogP contribution >= 0.6 is 0 Å². The fraction of sp³-hybridized carbons (Fsp3) is 0.133. The van der Waals surface area contributed by atoms with Gasteiger partial charge in [-0.05, 0) is 35.4 Å². The maximum Gasteiger partial charge on any atom is 0.310 e. The van der Waals surface area contributed by atoms with E-state index in [1.165, 1.54) is 0 Å². The third-order valence-electron chi connectivity index (χ3n) is 2.62. The Labute approximate surface area is 115 Å². The first kappa shape index (κ1) is 14.0. The van der Waals surface area contributed by atoms with Crippen LogP contribution < -0.4 is 5.73 Å². The second kappa shape index (κ2) is 6.14. The predicted molar refractivity (Wildman–Crippen MR) is 70.7 cm³/mol. The lowest BCUT2D eigenvalue weighted by Gasteiger charge is -2.06. The minimum Gasteiger partial charge on any atom is -0.461 e. The van der Waals surface area contributed by atoms with E-state index in [0.717, 1.165) is 23.8 Å². The number of carbonyl (C=O) groups is 1. The van der Waals surface area contributed by atoms with Gasteiger partial charge in [0.25, 0.3) is 0 Å². The molecule has 2 aromatic rings. The van der Waals surface area contributed by atoms with Gasteiger partial charge in [0.15, 0.2) is 0 Å². The van der Waals surface area contributed by atoms with Crippen LogP contribution in [0.4, 0.5) is 14.5 Å². The summed E-state index contributed by atoms with van der Waals surface area (Å²) in [5, 5.41) is 0. The Kier molecular flexibility index (Phi) is 4.30. The molecule has 0 aliphatic carbocycles. The summed E-state index contributed by atoms with van der Waals surface area (Å²) in [5.74, 6) is -1.89. The first-order valence-corrected chi connectivity index (χ1v) is 5.98. The summed E-state index contributed by atoms with van der Waals surface area (Å²) < 4.78 is 30.9. The highest BCUT2D eigenvalue weighted by molar-refractivity contribution is 5.73. The van der Waals surface area contributed by atoms with Gasteiger partial charge in [-0.2, -0.15) is 0 Å². The number of esters is 1. The zero-order chi connectivity index (χ0) is 14.5. The molecule has 20 heavy (non-hydrogen) atoms. The number of anilines is 1. The molecule has 3 nitrogen and oxygen atoms in total. The highest BCUT2D eigenvalue weighted by Crippen LogP contribution is 2.11. The molecule has 0 spiro atoms. The molecule has 104 valence electrons. The highest BCUT2D eigenvalue weighted by Gasteiger charge is 2.07. The van der Waals surface area contributed by atoms with Crippen molar-refractivity contribution >= 4 is 11.7 Å². The van der Waals surface area contributed by atoms with Crippen molar-refractivity contribution in [2.75, 3.05) is 5.73 Å². The number of nitrogens with two attached hydrogens (primary N) is 1. The van der Waals surface area contributed by atoms with Gasteiger partial charge in [0, 0.05) is 11.8 Å². The zero-order valence-corrected chi connectivity index (χ0v) is 10.6. The molecule has 0 amide bonds. The van der Waals surface area contributed by atoms with Crippen LogP contribution in [0.15, 0.2) is 42.5 Å². The summed E-state index contributed by atoms with van der Waals surface area (Å²) >= 11 is 0. The number of hydrogen-bond donors (Lipinski definition) is 1. The van der Waals surface area contributed by atoms with Gasteiger partial charge in [-0.1, -0.05) is 12.1 Å². The van der Waals surface area contributed by atoms with Crippen LogP contribution in [0.5, 0.6) is 0 Å². The van der Waals surface area contributed by atoms with E-state index in [-0.39, 0.29) is 18.6 Å². The van der Waals surface area contributed by atoms with Crippen LogP contribution in [0.2, 0.25) is 0 Å². The van der Waals surface area contributed by atoms with E-state index in [1.807, 2.05) is 0 Å². The molecule has 2 rings (SSSR count). The van der Waals surface area contributed by atoms with Crippen molar-refractivity contribution in [3.05, 3.63) is 65.2 Å². The number of ether oxygens (including phenoxy) is 1. The molecule has 0 fully saturated rings. The smallest absolute Gasteiger partial charge is 0.310 e. The van der Waals surface area contributed by atoms with E-state index in [9.17, 15) is 13.6 Å². The number of nitrogen functional groups attached to an aromatic ring is 1. The fourth-order valence-corrected chi connectivity index (χ4v) is 1.78. The van der Waals surface area contributed by atoms with Crippen molar-refractivity contribution in [2.45, 2.75) is 13.0 Å². The summed E-state index contributed by atoms with van der Waals surface area (Å²) in [6.45, 7) is -0.171. The molecule has 0 bridgehead atoms. The molecule has 0 heterocycles. The predicted octanol–water partition coefficient (Wildman–Crippen LogP) is 2.83. The Morgan fingerprint density at radius 3 is 2.40 bits per heavy atom. The van der Waals surface area contributed by atoms with Crippen molar-refractivity contribution < 1.29 is 18.3 Å². The summed E-state index contributed by atoms with van der Waals surface area (Å²) in [4.78, 5) is 11.6. The Morgan fingerprint density at radius 2 is 1.75 bits per heavy atom. The standard InChI is InChI=1S/C15H13F2NO2/c16-12-4-11(5-13(17)8-12)9-20-15(19)7-10-2-1-3-14(18)6-10/h1-6,8H,7,9,18H2. The minimum absolute atomic E-state index is 0.0584. The number of hydrogen-bond acceptors (Lipinski definition) is 3. The van der Waals surface area contributed by atoms with E-state index < -0.39 is 17.6 Å². The fourth-order valence-electron chi connectivity index (χ4n) is 1.78. The molecule has 2 aromatic carbocycles. The SMILES string of the molecule is Nc1cccc(CC(=O)OCc2cc(F)cc(F)c2)c1. The summed E-state index contributed by atoms with van der Waals surface area (Å²) in [6.07, 6.45) is 0.0584. The molecule has 0 saturated carbocycles. The van der Waals surface area contributed by atoms with Crippen LogP contribution in [0.3, 0.4) is 0 Å². The van der Waals surface area contributed by atoms with Crippen molar-refractivity contribution in [1.29, 1.82) is 0 Å². The van der Waals surface area contributed by atoms with Crippen molar-refractivity contribution in [1.82, 2.24) is 0 Å². The minimum atomic E-state index is -0.702. The van der Waals surface area contributed by atoms with Gasteiger partial charge < -0.3 is 10.5 Å². The van der Waals surface area contributed by atoms with Crippen LogP contribution in [0.1, 0.15) is 11.1 Å². The number of halogens is 2. The molecule has 0 radical (unpaired) electrons. The molecule has 0 aliphatic rings. The monoisotopic (exact) mass is 277 g/mol. The Balaban J connectivity index is 1.92. The van der Waals surface area contributed by atoms with Crippen molar-refractivity contribution in [2.24, 2.45) is 0 Å². The second-order valence-electron chi connectivity index (χ2n) is 4.36. The van der Waals surface area contributed by atoms with Crippen LogP contribution in [-0.4, -0.2) is 5.97 Å². The van der Waals surface area contributed by atoms with Crippen molar-refractivity contribution in [3.8, 4) is 0 Å².